The molecule has 1 saturated carbocycles. The maximum atomic E-state index is 8.95. The number of hydrogen-bond acceptors (Lipinski definition) is 4. The summed E-state index contributed by atoms with van der Waals surface area (Å²) < 4.78 is 6.47. The number of aliphatic hydroxyl groups is 1. The van der Waals surface area contributed by atoms with Gasteiger partial charge < -0.3 is 20.1 Å². The van der Waals surface area contributed by atoms with Crippen LogP contribution in [0.15, 0.2) is 90.0 Å². The van der Waals surface area contributed by atoms with E-state index >= 15 is 0 Å². The van der Waals surface area contributed by atoms with E-state index in [0.29, 0.717) is 11.7 Å². The van der Waals surface area contributed by atoms with Crippen molar-refractivity contribution in [3.05, 3.63) is 90.0 Å². The first kappa shape index (κ1) is 30.6. The largest absolute Gasteiger partial charge is 0.508 e. The zero-order chi connectivity index (χ0) is 27.9. The minimum absolute atomic E-state index is 0.374. The number of allylic oxidation sites excluding steroid dienone is 4. The van der Waals surface area contributed by atoms with Gasteiger partial charge in [-0.2, -0.15) is 0 Å². The van der Waals surface area contributed by atoms with Crippen LogP contribution in [-0.2, 0) is 4.74 Å². The molecule has 1 unspecified atom stereocenters. The van der Waals surface area contributed by atoms with Crippen LogP contribution in [0.5, 0.6) is 0 Å². The summed E-state index contributed by atoms with van der Waals surface area (Å²) in [6, 6.07) is 19.2. The molecule has 0 spiro atoms. The standard InChI is InChI=1S/C25H30N2O.C8H14O.C2H6/c1-2-7-20(8-3-1)23-11-4-5-12-24(23)26-25(21-9-6-10-21)28-18-22-17-27-15-13-19(22)14-16-27;1-3-5-7-8(9)6-4-2;1-2/h1-5,7-8,11-12,19,22,26H,6,9-10,13-18H2;4,6-7,9H,3,5H2,1-2H3;1-2H3/b;6-4+,8-7-;. The maximum Gasteiger partial charge on any atom is 0.190 e. The van der Waals surface area contributed by atoms with Crippen LogP contribution < -0.4 is 5.32 Å². The van der Waals surface area contributed by atoms with E-state index in [1.807, 2.05) is 32.9 Å². The fourth-order valence-electron chi connectivity index (χ4n) is 5.39. The highest BCUT2D eigenvalue weighted by atomic mass is 16.5. The molecule has 1 atom stereocenters. The molecular weight excluding hydrogens is 480 g/mol. The Kier molecular flexibility index (Phi) is 13.2. The average molecular weight is 531 g/mol. The summed E-state index contributed by atoms with van der Waals surface area (Å²) in [4.78, 5) is 2.61. The zero-order valence-corrected chi connectivity index (χ0v) is 24.7. The van der Waals surface area contributed by atoms with E-state index in [-0.39, 0.29) is 0 Å². The molecule has 3 heterocycles. The SMILES string of the molecule is C/C=C/C(O)=C/CCC.CC.c1ccc(-c2ccccc2NC(OCC2CN3CCC2CC3)=C2CCC2)cc1. The van der Waals surface area contributed by atoms with Gasteiger partial charge in [0.15, 0.2) is 5.88 Å². The van der Waals surface area contributed by atoms with Crippen LogP contribution >= 0.6 is 0 Å². The molecule has 39 heavy (non-hydrogen) atoms. The number of aliphatic hydroxyl groups excluding tert-OH is 1. The smallest absolute Gasteiger partial charge is 0.190 e. The molecule has 4 aliphatic rings. The number of rotatable bonds is 9. The monoisotopic (exact) mass is 530 g/mol. The normalized spacial score (nSPS) is 21.7. The van der Waals surface area contributed by atoms with E-state index in [1.165, 1.54) is 55.6 Å². The van der Waals surface area contributed by atoms with Crippen LogP contribution in [0.2, 0.25) is 0 Å². The minimum atomic E-state index is 0.374. The fraction of sp³-hybridized carbons (Fsp3) is 0.486. The van der Waals surface area contributed by atoms with Gasteiger partial charge in [0.25, 0.3) is 0 Å². The molecule has 0 aromatic heterocycles. The van der Waals surface area contributed by atoms with Gasteiger partial charge in [0.1, 0.15) is 5.76 Å². The van der Waals surface area contributed by atoms with E-state index in [1.54, 1.807) is 6.08 Å². The molecule has 4 fully saturated rings. The number of anilines is 1. The molecule has 3 saturated heterocycles. The van der Waals surface area contributed by atoms with Gasteiger partial charge in [-0.05, 0) is 93.8 Å². The Labute approximate surface area is 237 Å². The Morgan fingerprint density at radius 1 is 1.03 bits per heavy atom. The summed E-state index contributed by atoms with van der Waals surface area (Å²) >= 11 is 0. The lowest BCUT2D eigenvalue weighted by Gasteiger charge is -2.44. The number of fused-ring (bicyclic) bond motifs is 3. The van der Waals surface area contributed by atoms with Crippen molar-refractivity contribution < 1.29 is 9.84 Å². The number of nitrogens with zero attached hydrogens (tertiary/aromatic N) is 1. The van der Waals surface area contributed by atoms with Crippen LogP contribution in [0.25, 0.3) is 11.1 Å². The number of piperidine rings is 3. The van der Waals surface area contributed by atoms with Gasteiger partial charge in [0.2, 0.25) is 0 Å². The molecule has 212 valence electrons. The summed E-state index contributed by atoms with van der Waals surface area (Å²) in [5.41, 5.74) is 5.05. The molecule has 2 aromatic rings. The second kappa shape index (κ2) is 16.9. The Bertz CT molecular complexity index is 1060. The summed E-state index contributed by atoms with van der Waals surface area (Å²) in [7, 11) is 0. The molecule has 3 aliphatic heterocycles. The molecule has 0 amide bonds. The molecule has 0 radical (unpaired) electrons. The highest BCUT2D eigenvalue weighted by molar-refractivity contribution is 5.78. The van der Waals surface area contributed by atoms with Gasteiger partial charge in [-0.25, -0.2) is 0 Å². The topological polar surface area (TPSA) is 44.7 Å². The predicted molar refractivity (Wildman–Crippen MR) is 167 cm³/mol. The molecule has 2 N–H and O–H groups in total. The number of ether oxygens (including phenoxy) is 1. The van der Waals surface area contributed by atoms with E-state index in [9.17, 15) is 0 Å². The molecule has 2 aromatic carbocycles. The highest BCUT2D eigenvalue weighted by Gasteiger charge is 2.34. The van der Waals surface area contributed by atoms with Crippen molar-refractivity contribution in [1.29, 1.82) is 0 Å². The number of para-hydroxylation sites is 1. The van der Waals surface area contributed by atoms with Crippen LogP contribution in [0, 0.1) is 11.8 Å². The first-order chi connectivity index (χ1) is 19.2. The summed E-state index contributed by atoms with van der Waals surface area (Å²) in [5.74, 6) is 2.93. The molecule has 1 aliphatic carbocycles. The lowest BCUT2D eigenvalue weighted by Crippen LogP contribution is -2.48. The molecular formula is C35H50N2O2. The Morgan fingerprint density at radius 2 is 1.72 bits per heavy atom. The van der Waals surface area contributed by atoms with Crippen LogP contribution in [0.1, 0.15) is 72.6 Å². The third-order valence-corrected chi connectivity index (χ3v) is 7.75. The third-order valence-electron chi connectivity index (χ3n) is 7.75. The van der Waals surface area contributed by atoms with Crippen molar-refractivity contribution in [1.82, 2.24) is 4.90 Å². The second-order valence-corrected chi connectivity index (χ2v) is 10.4. The Balaban J connectivity index is 0.000000328. The van der Waals surface area contributed by atoms with Crippen molar-refractivity contribution in [2.24, 2.45) is 11.8 Å². The van der Waals surface area contributed by atoms with Gasteiger partial charge in [-0.15, -0.1) is 0 Å². The van der Waals surface area contributed by atoms with Gasteiger partial charge in [0, 0.05) is 23.7 Å². The van der Waals surface area contributed by atoms with E-state index < -0.39 is 0 Å². The maximum absolute atomic E-state index is 8.95. The summed E-state index contributed by atoms with van der Waals surface area (Å²) in [5, 5.41) is 12.6. The number of nitrogens with one attached hydrogen (secondary N) is 1. The highest BCUT2D eigenvalue weighted by Crippen LogP contribution is 2.36. The molecule has 6 rings (SSSR count). The van der Waals surface area contributed by atoms with Crippen LogP contribution in [-0.4, -0.2) is 36.2 Å². The lowest BCUT2D eigenvalue weighted by atomic mass is 9.79. The van der Waals surface area contributed by atoms with Crippen LogP contribution in [0.4, 0.5) is 5.69 Å². The van der Waals surface area contributed by atoms with Crippen molar-refractivity contribution in [2.75, 3.05) is 31.6 Å². The van der Waals surface area contributed by atoms with Gasteiger partial charge >= 0.3 is 0 Å². The first-order valence-corrected chi connectivity index (χ1v) is 15.2. The third kappa shape index (κ3) is 9.32. The lowest BCUT2D eigenvalue weighted by molar-refractivity contribution is 0.00999. The van der Waals surface area contributed by atoms with Crippen molar-refractivity contribution in [2.45, 2.75) is 72.6 Å². The first-order valence-electron chi connectivity index (χ1n) is 15.2. The molecule has 4 nitrogen and oxygen atoms in total. The van der Waals surface area contributed by atoms with Crippen molar-refractivity contribution >= 4 is 5.69 Å². The zero-order valence-electron chi connectivity index (χ0n) is 24.7. The Morgan fingerprint density at radius 3 is 2.31 bits per heavy atom. The number of benzene rings is 2. The Hall–Kier alpha value is -2.98. The quantitative estimate of drug-likeness (QED) is 0.250. The summed E-state index contributed by atoms with van der Waals surface area (Å²) in [6.07, 6.45) is 13.7. The van der Waals surface area contributed by atoms with Gasteiger partial charge in [-0.3, -0.25) is 0 Å². The van der Waals surface area contributed by atoms with Gasteiger partial charge in [-0.1, -0.05) is 81.8 Å². The van der Waals surface area contributed by atoms with E-state index in [4.69, 9.17) is 9.84 Å². The molecule has 4 heteroatoms. The van der Waals surface area contributed by atoms with E-state index in [0.717, 1.165) is 49.8 Å². The van der Waals surface area contributed by atoms with Gasteiger partial charge in [0.05, 0.1) is 6.61 Å². The fourth-order valence-corrected chi connectivity index (χ4v) is 5.39. The number of unbranched alkanes of at least 4 members (excludes halogenated alkanes) is 1. The second-order valence-electron chi connectivity index (χ2n) is 10.4. The number of hydrogen-bond donors (Lipinski definition) is 2. The van der Waals surface area contributed by atoms with Crippen molar-refractivity contribution in [3.8, 4) is 11.1 Å². The predicted octanol–water partition coefficient (Wildman–Crippen LogP) is 9.35. The minimum Gasteiger partial charge on any atom is -0.508 e. The van der Waals surface area contributed by atoms with Crippen LogP contribution in [0.3, 0.4) is 0 Å². The van der Waals surface area contributed by atoms with E-state index in [2.05, 4.69) is 71.7 Å². The average Bonchev–Trinajstić information content (AvgIpc) is 2.97. The molecule has 2 bridgehead atoms. The summed E-state index contributed by atoms with van der Waals surface area (Å²) in [6.45, 7) is 12.6. The van der Waals surface area contributed by atoms with Crippen molar-refractivity contribution in [3.63, 3.8) is 0 Å².